The van der Waals surface area contributed by atoms with Gasteiger partial charge in [0.1, 0.15) is 17.9 Å². The van der Waals surface area contributed by atoms with E-state index in [1.807, 2.05) is 31.2 Å². The van der Waals surface area contributed by atoms with Gasteiger partial charge in [-0.1, -0.05) is 24.1 Å². The maximum absolute atomic E-state index is 13.6. The topological polar surface area (TPSA) is 88.1 Å². The van der Waals surface area contributed by atoms with Gasteiger partial charge in [-0.2, -0.15) is 9.78 Å². The first-order chi connectivity index (χ1) is 18.5. The largest absolute Gasteiger partial charge is 0.496 e. The van der Waals surface area contributed by atoms with Gasteiger partial charge in [-0.05, 0) is 65.3 Å². The van der Waals surface area contributed by atoms with Crippen LogP contribution in [0.4, 0.5) is 0 Å². The molecule has 9 heteroatoms. The molecule has 2 aromatic heterocycles. The van der Waals surface area contributed by atoms with Crippen molar-refractivity contribution >= 4 is 44.0 Å². The molecular formula is C29H22BrN3O5. The Labute approximate surface area is 226 Å². The third kappa shape index (κ3) is 4.74. The van der Waals surface area contributed by atoms with Gasteiger partial charge in [0.25, 0.3) is 5.56 Å². The van der Waals surface area contributed by atoms with Gasteiger partial charge >= 0.3 is 0 Å². The highest BCUT2D eigenvalue weighted by molar-refractivity contribution is 9.10. The van der Waals surface area contributed by atoms with E-state index >= 15 is 0 Å². The minimum absolute atomic E-state index is 0.101. The van der Waals surface area contributed by atoms with Crippen molar-refractivity contribution in [2.24, 2.45) is 5.10 Å². The number of terminal acetylenes is 1. The van der Waals surface area contributed by atoms with Crippen LogP contribution in [0.2, 0.25) is 0 Å². The first-order valence-electron chi connectivity index (χ1n) is 11.7. The Bertz CT molecular complexity index is 1780. The summed E-state index contributed by atoms with van der Waals surface area (Å²) >= 11 is 3.54. The first-order valence-corrected chi connectivity index (χ1v) is 12.5. The molecule has 0 atom stereocenters. The summed E-state index contributed by atoms with van der Waals surface area (Å²) in [6.07, 6.45) is 6.88. The Morgan fingerprint density at radius 2 is 1.89 bits per heavy atom. The number of aromatic nitrogens is 2. The molecule has 5 aromatic rings. The first kappa shape index (κ1) is 25.1. The maximum atomic E-state index is 13.6. The maximum Gasteiger partial charge on any atom is 0.282 e. The fraction of sp³-hybridized carbons (Fsp3) is 0.138. The van der Waals surface area contributed by atoms with Gasteiger partial charge < -0.3 is 18.6 Å². The molecule has 5 rings (SSSR count). The molecule has 0 spiro atoms. The fourth-order valence-electron chi connectivity index (χ4n) is 3.98. The number of halogens is 1. The van der Waals surface area contributed by atoms with E-state index < -0.39 is 0 Å². The molecule has 3 aromatic carbocycles. The Morgan fingerprint density at radius 1 is 1.08 bits per heavy atom. The Balaban J connectivity index is 1.67. The molecule has 0 bridgehead atoms. The van der Waals surface area contributed by atoms with Gasteiger partial charge in [0.15, 0.2) is 17.3 Å². The number of hydrogen-bond donors (Lipinski definition) is 0. The lowest BCUT2D eigenvalue weighted by molar-refractivity contribution is 0.299. The van der Waals surface area contributed by atoms with Crippen LogP contribution in [0, 0.1) is 12.3 Å². The predicted octanol–water partition coefficient (Wildman–Crippen LogP) is 5.87. The molecule has 8 nitrogen and oxygen atoms in total. The van der Waals surface area contributed by atoms with Crippen molar-refractivity contribution in [1.82, 2.24) is 9.66 Å². The van der Waals surface area contributed by atoms with Crippen molar-refractivity contribution in [1.29, 1.82) is 0 Å². The van der Waals surface area contributed by atoms with E-state index in [0.29, 0.717) is 56.1 Å². The molecule has 0 aliphatic rings. The molecule has 0 aliphatic heterocycles. The average molecular weight is 572 g/mol. The van der Waals surface area contributed by atoms with Gasteiger partial charge in [0.05, 0.1) is 36.2 Å². The lowest BCUT2D eigenvalue weighted by atomic mass is 10.2. The molecule has 0 saturated carbocycles. The highest BCUT2D eigenvalue weighted by atomic mass is 79.9. The molecule has 0 N–H and O–H groups in total. The van der Waals surface area contributed by atoms with Gasteiger partial charge in [-0.3, -0.25) is 4.79 Å². The lowest BCUT2D eigenvalue weighted by Gasteiger charge is -2.12. The van der Waals surface area contributed by atoms with Crippen LogP contribution >= 0.6 is 15.9 Å². The normalized spacial score (nSPS) is 11.2. The van der Waals surface area contributed by atoms with E-state index in [-0.39, 0.29) is 18.0 Å². The summed E-state index contributed by atoms with van der Waals surface area (Å²) in [5, 5.41) is 5.72. The van der Waals surface area contributed by atoms with Crippen molar-refractivity contribution in [2.75, 3.05) is 20.3 Å². The number of rotatable bonds is 8. The molecule has 38 heavy (non-hydrogen) atoms. The third-order valence-electron chi connectivity index (χ3n) is 5.70. The van der Waals surface area contributed by atoms with Gasteiger partial charge in [0.2, 0.25) is 5.82 Å². The Hall–Kier alpha value is -4.55. The number of para-hydroxylation sites is 1. The number of hydrogen-bond acceptors (Lipinski definition) is 7. The molecule has 190 valence electrons. The second-order valence-electron chi connectivity index (χ2n) is 8.04. The van der Waals surface area contributed by atoms with Crippen LogP contribution in [0.1, 0.15) is 12.5 Å². The van der Waals surface area contributed by atoms with Crippen molar-refractivity contribution in [2.45, 2.75) is 6.92 Å². The molecule has 0 amide bonds. The van der Waals surface area contributed by atoms with Crippen LogP contribution in [0.25, 0.3) is 33.5 Å². The average Bonchev–Trinajstić information content (AvgIpc) is 3.37. The Kier molecular flexibility index (Phi) is 7.15. The van der Waals surface area contributed by atoms with E-state index in [1.54, 1.807) is 49.7 Å². The monoisotopic (exact) mass is 571 g/mol. The third-order valence-corrected chi connectivity index (χ3v) is 6.39. The van der Waals surface area contributed by atoms with E-state index in [1.165, 1.54) is 4.68 Å². The SMILES string of the molecule is C#CCOc1cc(Br)c(C=Nn2c(-c3cc4c(OC)cccc4o3)nc3ccccc3c2=O)cc1OCC. The summed E-state index contributed by atoms with van der Waals surface area (Å²) in [7, 11) is 1.59. The van der Waals surface area contributed by atoms with Crippen LogP contribution in [-0.4, -0.2) is 36.2 Å². The van der Waals surface area contributed by atoms with Crippen LogP contribution in [-0.2, 0) is 0 Å². The summed E-state index contributed by atoms with van der Waals surface area (Å²) in [5.41, 5.74) is 1.44. The summed E-state index contributed by atoms with van der Waals surface area (Å²) < 4.78 is 24.8. The van der Waals surface area contributed by atoms with Crippen LogP contribution in [0.5, 0.6) is 17.2 Å². The number of nitrogens with zero attached hydrogens (tertiary/aromatic N) is 3. The smallest absolute Gasteiger partial charge is 0.282 e. The number of furan rings is 1. The standard InChI is InChI=1S/C29H22BrN3O5/c1-4-13-37-26-16-21(30)18(14-25(26)36-5-2)17-31-33-28(32-22-10-7-6-9-19(22)29(33)34)27-15-20-23(35-3)11-8-12-24(20)38-27/h1,6-12,14-17H,5,13H2,2-3H3. The van der Waals surface area contributed by atoms with Crippen molar-refractivity contribution in [3.8, 4) is 41.2 Å². The molecule has 0 unspecified atom stereocenters. The zero-order valence-corrected chi connectivity index (χ0v) is 22.2. The van der Waals surface area contributed by atoms with E-state index in [9.17, 15) is 4.79 Å². The van der Waals surface area contributed by atoms with Gasteiger partial charge in [-0.15, -0.1) is 6.42 Å². The minimum Gasteiger partial charge on any atom is -0.496 e. The molecule has 0 radical (unpaired) electrons. The molecule has 2 heterocycles. The molecular weight excluding hydrogens is 550 g/mol. The number of fused-ring (bicyclic) bond motifs is 2. The predicted molar refractivity (Wildman–Crippen MR) is 150 cm³/mol. The summed E-state index contributed by atoms with van der Waals surface area (Å²) in [6.45, 7) is 2.40. The van der Waals surface area contributed by atoms with Crippen LogP contribution < -0.4 is 19.8 Å². The summed E-state index contributed by atoms with van der Waals surface area (Å²) in [4.78, 5) is 18.3. The zero-order chi connectivity index (χ0) is 26.6. The summed E-state index contributed by atoms with van der Waals surface area (Å²) in [5.74, 6) is 4.71. The second kappa shape index (κ2) is 10.8. The fourth-order valence-corrected chi connectivity index (χ4v) is 4.41. The molecule has 0 saturated heterocycles. The van der Waals surface area contributed by atoms with E-state index in [0.717, 1.165) is 5.39 Å². The van der Waals surface area contributed by atoms with E-state index in [4.69, 9.17) is 30.0 Å². The molecule has 0 aliphatic carbocycles. The van der Waals surface area contributed by atoms with Gasteiger partial charge in [-0.25, -0.2) is 4.98 Å². The number of methoxy groups -OCH3 is 1. The highest BCUT2D eigenvalue weighted by Gasteiger charge is 2.18. The minimum atomic E-state index is -0.343. The van der Waals surface area contributed by atoms with Crippen molar-refractivity contribution in [3.05, 3.63) is 81.1 Å². The molecule has 0 fully saturated rings. The highest BCUT2D eigenvalue weighted by Crippen LogP contribution is 2.34. The summed E-state index contributed by atoms with van der Waals surface area (Å²) in [6, 6.07) is 17.9. The van der Waals surface area contributed by atoms with Crippen LogP contribution in [0.3, 0.4) is 0 Å². The quantitative estimate of drug-likeness (QED) is 0.171. The second-order valence-corrected chi connectivity index (χ2v) is 8.90. The van der Waals surface area contributed by atoms with E-state index in [2.05, 4.69) is 27.0 Å². The number of ether oxygens (including phenoxy) is 3. The van der Waals surface area contributed by atoms with Gasteiger partial charge in [0, 0.05) is 10.0 Å². The van der Waals surface area contributed by atoms with Crippen molar-refractivity contribution in [3.63, 3.8) is 0 Å². The zero-order valence-electron chi connectivity index (χ0n) is 20.6. The number of benzene rings is 3. The Morgan fingerprint density at radius 3 is 2.68 bits per heavy atom. The van der Waals surface area contributed by atoms with Crippen molar-refractivity contribution < 1.29 is 18.6 Å². The van der Waals surface area contributed by atoms with Crippen LogP contribution in [0.15, 0.2) is 79.4 Å². The lowest BCUT2D eigenvalue weighted by Crippen LogP contribution is -2.20.